The fourth-order valence-corrected chi connectivity index (χ4v) is 3.21. The van der Waals surface area contributed by atoms with Crippen molar-refractivity contribution in [2.75, 3.05) is 12.0 Å². The molecule has 0 saturated carbocycles. The fraction of sp³-hybridized carbons (Fsp3) is 0.438. The van der Waals surface area contributed by atoms with Crippen LogP contribution in [0.15, 0.2) is 15.7 Å². The first-order chi connectivity index (χ1) is 10.4. The number of carbonyl (C=O) groups is 1. The van der Waals surface area contributed by atoms with Crippen molar-refractivity contribution >= 4 is 29.3 Å². The van der Waals surface area contributed by atoms with Crippen LogP contribution in [0.3, 0.4) is 0 Å². The number of aromatic nitrogens is 2. The molecule has 118 valence electrons. The number of carbonyl (C=O) groups excluding carboxylic acids is 1. The van der Waals surface area contributed by atoms with E-state index in [1.165, 1.54) is 22.9 Å². The van der Waals surface area contributed by atoms with Crippen LogP contribution in [0.1, 0.15) is 38.5 Å². The summed E-state index contributed by atoms with van der Waals surface area (Å²) in [5, 5.41) is 8.35. The average molecular weight is 336 g/mol. The minimum Gasteiger partial charge on any atom is -0.415 e. The molecule has 0 bridgehead atoms. The van der Waals surface area contributed by atoms with Crippen LogP contribution in [0.4, 0.5) is 0 Å². The molecule has 0 unspecified atom stereocenters. The fourth-order valence-electron chi connectivity index (χ4n) is 2.19. The van der Waals surface area contributed by atoms with E-state index in [-0.39, 0.29) is 5.78 Å². The summed E-state index contributed by atoms with van der Waals surface area (Å²) >= 11 is 2.92. The van der Waals surface area contributed by atoms with Crippen molar-refractivity contribution in [3.05, 3.63) is 39.8 Å². The Morgan fingerprint density at radius 3 is 2.55 bits per heavy atom. The molecule has 0 spiro atoms. The van der Waals surface area contributed by atoms with Crippen molar-refractivity contribution in [1.82, 2.24) is 10.2 Å². The van der Waals surface area contributed by atoms with Gasteiger partial charge in [0.15, 0.2) is 5.78 Å². The second-order valence-corrected chi connectivity index (χ2v) is 7.02. The van der Waals surface area contributed by atoms with Gasteiger partial charge in [0, 0.05) is 5.56 Å². The quantitative estimate of drug-likeness (QED) is 0.584. The molecule has 1 aromatic carbocycles. The smallest absolute Gasteiger partial charge is 0.277 e. The zero-order chi connectivity index (χ0) is 16.3. The molecule has 0 fully saturated rings. The number of thioether (sulfide) groups is 2. The van der Waals surface area contributed by atoms with Gasteiger partial charge in [-0.05, 0) is 62.3 Å². The lowest BCUT2D eigenvalue weighted by Crippen LogP contribution is -2.08. The van der Waals surface area contributed by atoms with E-state index in [0.717, 1.165) is 16.7 Å². The van der Waals surface area contributed by atoms with E-state index < -0.39 is 0 Å². The third-order valence-electron chi connectivity index (χ3n) is 3.82. The largest absolute Gasteiger partial charge is 0.415 e. The van der Waals surface area contributed by atoms with Crippen molar-refractivity contribution in [3.63, 3.8) is 0 Å². The van der Waals surface area contributed by atoms with Crippen LogP contribution in [0.5, 0.6) is 0 Å². The van der Waals surface area contributed by atoms with Gasteiger partial charge in [-0.15, -0.1) is 10.2 Å². The molecular weight excluding hydrogens is 316 g/mol. The first-order valence-corrected chi connectivity index (χ1v) is 9.36. The van der Waals surface area contributed by atoms with Crippen LogP contribution >= 0.6 is 23.5 Å². The minimum atomic E-state index is 0.0957. The van der Waals surface area contributed by atoms with Crippen LogP contribution < -0.4 is 0 Å². The number of rotatable bonds is 6. The number of nitrogens with zero attached hydrogens (tertiary/aromatic N) is 2. The molecule has 2 rings (SSSR count). The summed E-state index contributed by atoms with van der Waals surface area (Å²) in [7, 11) is 0. The van der Waals surface area contributed by atoms with E-state index >= 15 is 0 Å². The highest BCUT2D eigenvalue weighted by atomic mass is 32.2. The lowest BCUT2D eigenvalue weighted by molar-refractivity contribution is 0.102. The summed E-state index contributed by atoms with van der Waals surface area (Å²) in [5.41, 5.74) is 5.43. The summed E-state index contributed by atoms with van der Waals surface area (Å²) in [6.45, 7) is 8.20. The van der Waals surface area contributed by atoms with Gasteiger partial charge in [0.1, 0.15) is 0 Å². The maximum atomic E-state index is 12.5. The normalized spacial score (nSPS) is 11.0. The molecule has 0 aliphatic rings. The van der Waals surface area contributed by atoms with Gasteiger partial charge in [0.25, 0.3) is 5.22 Å². The summed E-state index contributed by atoms with van der Waals surface area (Å²) in [6, 6.07) is 1.98. The molecule has 6 heteroatoms. The number of hydrogen-bond donors (Lipinski definition) is 0. The van der Waals surface area contributed by atoms with Crippen LogP contribution in [0, 0.1) is 27.7 Å². The molecule has 0 amide bonds. The predicted molar refractivity (Wildman–Crippen MR) is 92.0 cm³/mol. The van der Waals surface area contributed by atoms with E-state index in [1.807, 2.05) is 26.2 Å². The molecule has 0 aliphatic carbocycles. The van der Waals surface area contributed by atoms with Crippen LogP contribution in [-0.2, 0) is 5.75 Å². The highest BCUT2D eigenvalue weighted by Gasteiger charge is 2.15. The number of aryl methyl sites for hydroxylation is 1. The van der Waals surface area contributed by atoms with Crippen molar-refractivity contribution < 1.29 is 9.21 Å². The maximum Gasteiger partial charge on any atom is 0.277 e. The zero-order valence-corrected chi connectivity index (χ0v) is 15.2. The predicted octanol–water partition coefficient (Wildman–Crippen LogP) is 4.14. The first-order valence-electron chi connectivity index (χ1n) is 6.98. The monoisotopic (exact) mass is 336 g/mol. The number of benzene rings is 1. The Morgan fingerprint density at radius 1 is 1.14 bits per heavy atom. The van der Waals surface area contributed by atoms with Crippen molar-refractivity contribution in [1.29, 1.82) is 0 Å². The van der Waals surface area contributed by atoms with Crippen LogP contribution in [0.2, 0.25) is 0 Å². The summed E-state index contributed by atoms with van der Waals surface area (Å²) in [5.74, 6) is 1.69. The van der Waals surface area contributed by atoms with Gasteiger partial charge in [0.05, 0.1) is 11.5 Å². The van der Waals surface area contributed by atoms with Crippen molar-refractivity contribution in [3.8, 4) is 0 Å². The topological polar surface area (TPSA) is 56.0 Å². The highest BCUT2D eigenvalue weighted by Crippen LogP contribution is 2.24. The number of Topliss-reactive ketones (excluding diaryl/α,β-unsaturated/α-hetero) is 1. The van der Waals surface area contributed by atoms with E-state index in [9.17, 15) is 4.79 Å². The summed E-state index contributed by atoms with van der Waals surface area (Å²) < 4.78 is 5.47. The first kappa shape index (κ1) is 17.1. The lowest BCUT2D eigenvalue weighted by atomic mass is 9.93. The minimum absolute atomic E-state index is 0.0957. The van der Waals surface area contributed by atoms with E-state index in [1.54, 1.807) is 11.8 Å². The van der Waals surface area contributed by atoms with Gasteiger partial charge < -0.3 is 4.42 Å². The Balaban J connectivity index is 2.09. The van der Waals surface area contributed by atoms with E-state index in [2.05, 4.69) is 24.0 Å². The molecule has 1 aromatic heterocycles. The van der Waals surface area contributed by atoms with Gasteiger partial charge in [-0.3, -0.25) is 4.79 Å². The maximum absolute atomic E-state index is 12.5. The number of ketones is 1. The van der Waals surface area contributed by atoms with Gasteiger partial charge in [-0.25, -0.2) is 0 Å². The van der Waals surface area contributed by atoms with Crippen molar-refractivity contribution in [2.24, 2.45) is 0 Å². The summed E-state index contributed by atoms with van der Waals surface area (Å²) in [4.78, 5) is 12.5. The molecule has 2 aromatic rings. The van der Waals surface area contributed by atoms with Gasteiger partial charge >= 0.3 is 0 Å². The van der Waals surface area contributed by atoms with Crippen molar-refractivity contribution in [2.45, 2.75) is 38.7 Å². The molecule has 0 radical (unpaired) electrons. The zero-order valence-electron chi connectivity index (χ0n) is 13.5. The Kier molecular flexibility index (Phi) is 5.69. The second-order valence-electron chi connectivity index (χ2n) is 5.22. The molecular formula is C16H20N2O2S2. The Labute approximate surface area is 139 Å². The molecule has 1 heterocycles. The van der Waals surface area contributed by atoms with Gasteiger partial charge in [0.2, 0.25) is 5.89 Å². The Hall–Kier alpha value is -1.27. The average Bonchev–Trinajstić information content (AvgIpc) is 2.94. The molecule has 0 aliphatic heterocycles. The van der Waals surface area contributed by atoms with Crippen LogP contribution in [0.25, 0.3) is 0 Å². The van der Waals surface area contributed by atoms with E-state index in [4.69, 9.17) is 4.42 Å². The molecule has 22 heavy (non-hydrogen) atoms. The third-order valence-corrected chi connectivity index (χ3v) is 5.18. The second kappa shape index (κ2) is 7.33. The standard InChI is InChI=1S/C16H20N2O2S2/c1-9-6-13(12(4)11(3)10(9)2)14(19)7-22-16-18-17-15(20-16)8-21-5/h6H,7-8H2,1-5H3. The Morgan fingerprint density at radius 2 is 1.86 bits per heavy atom. The molecule has 4 nitrogen and oxygen atoms in total. The van der Waals surface area contributed by atoms with Gasteiger partial charge in [-0.1, -0.05) is 11.8 Å². The molecule has 0 saturated heterocycles. The molecule has 0 N–H and O–H groups in total. The summed E-state index contributed by atoms with van der Waals surface area (Å²) in [6.07, 6.45) is 1.98. The number of hydrogen-bond acceptors (Lipinski definition) is 6. The SMILES string of the molecule is CSCc1nnc(SCC(=O)c2cc(C)c(C)c(C)c2C)o1. The van der Waals surface area contributed by atoms with Crippen LogP contribution in [-0.4, -0.2) is 28.0 Å². The highest BCUT2D eigenvalue weighted by molar-refractivity contribution is 7.99. The van der Waals surface area contributed by atoms with E-state index in [0.29, 0.717) is 22.6 Å². The molecule has 0 atom stereocenters. The lowest BCUT2D eigenvalue weighted by Gasteiger charge is -2.13. The Bertz CT molecular complexity index is 696. The third kappa shape index (κ3) is 3.73. The van der Waals surface area contributed by atoms with Gasteiger partial charge in [-0.2, -0.15) is 11.8 Å².